The lowest BCUT2D eigenvalue weighted by atomic mass is 10.1. The Morgan fingerprint density at radius 1 is 1.04 bits per heavy atom. The van der Waals surface area contributed by atoms with E-state index in [9.17, 15) is 9.50 Å². The van der Waals surface area contributed by atoms with Crippen molar-refractivity contribution in [2.24, 2.45) is 0 Å². The van der Waals surface area contributed by atoms with Crippen LogP contribution in [0.1, 0.15) is 22.8 Å². The second-order valence-electron chi connectivity index (χ2n) is 5.73. The quantitative estimate of drug-likeness (QED) is 0.702. The Morgan fingerprint density at radius 3 is 2.54 bits per heavy atom. The van der Waals surface area contributed by atoms with E-state index in [0.29, 0.717) is 18.7 Å². The van der Waals surface area contributed by atoms with E-state index in [2.05, 4.69) is 22.5 Å². The zero-order valence-electron chi connectivity index (χ0n) is 13.3. The van der Waals surface area contributed by atoms with Crippen LogP contribution in [0.3, 0.4) is 0 Å². The molecular formula is C19H20FN3O. The van der Waals surface area contributed by atoms with Gasteiger partial charge in [0.25, 0.3) is 0 Å². The minimum atomic E-state index is -0.662. The average molecular weight is 325 g/mol. The van der Waals surface area contributed by atoms with E-state index in [4.69, 9.17) is 0 Å². The Bertz CT molecular complexity index is 756. The molecule has 0 aliphatic carbocycles. The minimum absolute atomic E-state index is 0.301. The van der Waals surface area contributed by atoms with Gasteiger partial charge in [0, 0.05) is 24.8 Å². The first-order chi connectivity index (χ1) is 11.7. The molecule has 0 radical (unpaired) electrons. The van der Waals surface area contributed by atoms with Crippen molar-refractivity contribution in [2.75, 3.05) is 6.54 Å². The van der Waals surface area contributed by atoms with Crippen molar-refractivity contribution in [1.29, 1.82) is 0 Å². The fraction of sp³-hybridized carbons (Fsp3) is 0.211. The molecule has 0 saturated carbocycles. The fourth-order valence-electron chi connectivity index (χ4n) is 2.51. The topological polar surface area (TPSA) is 50.1 Å². The third kappa shape index (κ3) is 4.50. The van der Waals surface area contributed by atoms with E-state index >= 15 is 0 Å². The van der Waals surface area contributed by atoms with Crippen LogP contribution in [0.4, 0.5) is 4.39 Å². The third-order valence-electron chi connectivity index (χ3n) is 3.80. The molecular weight excluding hydrogens is 305 g/mol. The number of benzene rings is 2. The van der Waals surface area contributed by atoms with Gasteiger partial charge < -0.3 is 10.4 Å². The molecule has 0 fully saturated rings. The van der Waals surface area contributed by atoms with Crippen LogP contribution < -0.4 is 5.32 Å². The van der Waals surface area contributed by atoms with Gasteiger partial charge in [0.1, 0.15) is 5.82 Å². The minimum Gasteiger partial charge on any atom is -0.387 e. The molecule has 0 spiro atoms. The molecule has 124 valence electrons. The highest BCUT2D eigenvalue weighted by Gasteiger charge is 2.07. The van der Waals surface area contributed by atoms with E-state index in [-0.39, 0.29) is 5.82 Å². The SMILES string of the molecule is OC(CNCc1cnn(Cc2ccccc2)c1)c1ccc(F)cc1. The van der Waals surface area contributed by atoms with Crippen LogP contribution in [0.5, 0.6) is 0 Å². The van der Waals surface area contributed by atoms with Crippen molar-refractivity contribution in [3.8, 4) is 0 Å². The maximum Gasteiger partial charge on any atom is 0.123 e. The second-order valence-corrected chi connectivity index (χ2v) is 5.73. The smallest absolute Gasteiger partial charge is 0.123 e. The van der Waals surface area contributed by atoms with E-state index in [1.807, 2.05) is 35.3 Å². The van der Waals surface area contributed by atoms with Crippen LogP contribution in [-0.4, -0.2) is 21.4 Å². The highest BCUT2D eigenvalue weighted by atomic mass is 19.1. The van der Waals surface area contributed by atoms with Crippen LogP contribution in [0.25, 0.3) is 0 Å². The molecule has 1 heterocycles. The van der Waals surface area contributed by atoms with Crippen molar-refractivity contribution in [1.82, 2.24) is 15.1 Å². The fourth-order valence-corrected chi connectivity index (χ4v) is 2.51. The van der Waals surface area contributed by atoms with Gasteiger partial charge in [-0.3, -0.25) is 4.68 Å². The zero-order chi connectivity index (χ0) is 16.8. The van der Waals surface area contributed by atoms with Crippen molar-refractivity contribution in [3.63, 3.8) is 0 Å². The van der Waals surface area contributed by atoms with Gasteiger partial charge in [-0.05, 0) is 23.3 Å². The summed E-state index contributed by atoms with van der Waals surface area (Å²) in [6.45, 7) is 1.75. The predicted octanol–water partition coefficient (Wildman–Crippen LogP) is 2.89. The summed E-state index contributed by atoms with van der Waals surface area (Å²) in [4.78, 5) is 0. The standard InChI is InChI=1S/C19H20FN3O/c20-18-8-6-17(7-9-18)19(24)12-21-10-16-11-22-23(14-16)13-15-4-2-1-3-5-15/h1-9,11,14,19,21,24H,10,12-13H2. The van der Waals surface area contributed by atoms with Gasteiger partial charge >= 0.3 is 0 Å². The number of rotatable bonds is 7. The Hall–Kier alpha value is -2.50. The molecule has 3 rings (SSSR count). The number of aliphatic hydroxyl groups excluding tert-OH is 1. The summed E-state index contributed by atoms with van der Waals surface area (Å²) < 4.78 is 14.8. The summed E-state index contributed by atoms with van der Waals surface area (Å²) in [5.74, 6) is -0.301. The molecule has 0 saturated heterocycles. The number of nitrogens with zero attached hydrogens (tertiary/aromatic N) is 2. The van der Waals surface area contributed by atoms with Gasteiger partial charge in [-0.1, -0.05) is 42.5 Å². The first kappa shape index (κ1) is 16.4. The Kier molecular flexibility index (Phi) is 5.36. The van der Waals surface area contributed by atoms with Crippen LogP contribution in [0.15, 0.2) is 67.0 Å². The molecule has 0 aliphatic rings. The number of hydrogen-bond donors (Lipinski definition) is 2. The monoisotopic (exact) mass is 325 g/mol. The van der Waals surface area contributed by atoms with Gasteiger partial charge in [0.15, 0.2) is 0 Å². The molecule has 1 atom stereocenters. The van der Waals surface area contributed by atoms with Gasteiger partial charge in [0.05, 0.1) is 18.8 Å². The predicted molar refractivity (Wildman–Crippen MR) is 90.8 cm³/mol. The number of aliphatic hydroxyl groups is 1. The van der Waals surface area contributed by atoms with Gasteiger partial charge in [-0.25, -0.2) is 4.39 Å². The van der Waals surface area contributed by atoms with Gasteiger partial charge in [-0.15, -0.1) is 0 Å². The molecule has 2 aromatic carbocycles. The van der Waals surface area contributed by atoms with Crippen LogP contribution >= 0.6 is 0 Å². The summed E-state index contributed by atoms with van der Waals surface area (Å²) in [6, 6.07) is 16.1. The molecule has 4 nitrogen and oxygen atoms in total. The van der Waals surface area contributed by atoms with Crippen LogP contribution in [0.2, 0.25) is 0 Å². The summed E-state index contributed by atoms with van der Waals surface area (Å²) in [5, 5.41) is 17.6. The molecule has 2 N–H and O–H groups in total. The number of aromatic nitrogens is 2. The zero-order valence-corrected chi connectivity index (χ0v) is 13.3. The highest BCUT2D eigenvalue weighted by Crippen LogP contribution is 2.12. The van der Waals surface area contributed by atoms with Crippen molar-refractivity contribution in [2.45, 2.75) is 19.2 Å². The highest BCUT2D eigenvalue weighted by molar-refractivity contribution is 5.19. The normalized spacial score (nSPS) is 12.2. The first-order valence-electron chi connectivity index (χ1n) is 7.90. The van der Waals surface area contributed by atoms with E-state index < -0.39 is 6.10 Å². The third-order valence-corrected chi connectivity index (χ3v) is 3.80. The largest absolute Gasteiger partial charge is 0.387 e. The molecule has 24 heavy (non-hydrogen) atoms. The average Bonchev–Trinajstić information content (AvgIpc) is 3.03. The van der Waals surface area contributed by atoms with Crippen LogP contribution in [-0.2, 0) is 13.1 Å². The Balaban J connectivity index is 1.48. The summed E-state index contributed by atoms with van der Waals surface area (Å²) in [6.07, 6.45) is 3.15. The Morgan fingerprint density at radius 2 is 1.79 bits per heavy atom. The van der Waals surface area contributed by atoms with Crippen LogP contribution in [0, 0.1) is 5.82 Å². The summed E-state index contributed by atoms with van der Waals surface area (Å²) in [5.41, 5.74) is 2.95. The summed E-state index contributed by atoms with van der Waals surface area (Å²) >= 11 is 0. The molecule has 0 aliphatic heterocycles. The number of nitrogens with one attached hydrogen (secondary N) is 1. The lowest BCUT2D eigenvalue weighted by Crippen LogP contribution is -2.20. The van der Waals surface area contributed by atoms with Gasteiger partial charge in [0.2, 0.25) is 0 Å². The molecule has 5 heteroatoms. The lowest BCUT2D eigenvalue weighted by Gasteiger charge is -2.11. The van der Waals surface area contributed by atoms with Crippen molar-refractivity contribution >= 4 is 0 Å². The lowest BCUT2D eigenvalue weighted by molar-refractivity contribution is 0.174. The first-order valence-corrected chi connectivity index (χ1v) is 7.90. The molecule has 1 aromatic heterocycles. The van der Waals surface area contributed by atoms with E-state index in [0.717, 1.165) is 12.1 Å². The molecule has 0 amide bonds. The van der Waals surface area contributed by atoms with Crippen molar-refractivity contribution < 1.29 is 9.50 Å². The molecule has 1 unspecified atom stereocenters. The maximum atomic E-state index is 12.9. The number of halogens is 1. The molecule has 0 bridgehead atoms. The maximum absolute atomic E-state index is 12.9. The Labute approximate surface area is 140 Å². The van der Waals surface area contributed by atoms with Crippen molar-refractivity contribution in [3.05, 3.63) is 89.5 Å². The van der Waals surface area contributed by atoms with Gasteiger partial charge in [-0.2, -0.15) is 5.10 Å². The van der Waals surface area contributed by atoms with E-state index in [1.165, 1.54) is 17.7 Å². The second kappa shape index (κ2) is 7.86. The number of hydrogen-bond acceptors (Lipinski definition) is 3. The molecule has 3 aromatic rings. The van der Waals surface area contributed by atoms with E-state index in [1.54, 1.807) is 12.1 Å². The summed E-state index contributed by atoms with van der Waals surface area (Å²) in [7, 11) is 0.